The Morgan fingerprint density at radius 1 is 1.07 bits per heavy atom. The van der Waals surface area contributed by atoms with E-state index < -0.39 is 0 Å². The molecule has 1 N–H and O–H groups in total. The first-order chi connectivity index (χ1) is 13.2. The minimum absolute atomic E-state index is 0.150. The topological polar surface area (TPSA) is 72.0 Å². The van der Waals surface area contributed by atoms with Crippen LogP contribution in [-0.4, -0.2) is 15.9 Å². The highest BCUT2D eigenvalue weighted by Crippen LogP contribution is 2.26. The van der Waals surface area contributed by atoms with E-state index >= 15 is 0 Å². The van der Waals surface area contributed by atoms with E-state index in [0.717, 1.165) is 10.9 Å². The summed E-state index contributed by atoms with van der Waals surface area (Å²) < 4.78 is 6.59. The van der Waals surface area contributed by atoms with E-state index in [0.29, 0.717) is 36.0 Å². The number of rotatable bonds is 6. The van der Waals surface area contributed by atoms with Gasteiger partial charge in [-0.15, -0.1) is 11.3 Å². The van der Waals surface area contributed by atoms with E-state index in [-0.39, 0.29) is 18.1 Å². The first-order valence-electron chi connectivity index (χ1n) is 8.79. The third-order valence-electron chi connectivity index (χ3n) is 4.41. The summed E-state index contributed by atoms with van der Waals surface area (Å²) in [5, 5.41) is 3.73. The summed E-state index contributed by atoms with van der Waals surface area (Å²) in [6.45, 7) is 0.286. The summed E-state index contributed by atoms with van der Waals surface area (Å²) in [6.07, 6.45) is 1.39. The smallest absolute Gasteiger partial charge is 0.306 e. The molecule has 136 valence electrons. The average molecular weight is 378 g/mol. The number of hydrogen-bond acceptors (Lipinski definition) is 5. The maximum atomic E-state index is 12.1. The van der Waals surface area contributed by atoms with Gasteiger partial charge in [0.25, 0.3) is 5.56 Å². The normalized spacial score (nSPS) is 11.1. The first kappa shape index (κ1) is 17.4. The monoisotopic (exact) mass is 378 g/mol. The second-order valence-corrected chi connectivity index (χ2v) is 7.21. The third-order valence-corrected chi connectivity index (χ3v) is 5.42. The van der Waals surface area contributed by atoms with E-state index in [1.54, 1.807) is 17.4 Å². The Balaban J connectivity index is 1.31. The molecular weight excluding hydrogens is 360 g/mol. The molecule has 0 aliphatic rings. The molecule has 0 amide bonds. The van der Waals surface area contributed by atoms with E-state index in [9.17, 15) is 9.59 Å². The Morgan fingerprint density at radius 2 is 1.85 bits per heavy atom. The summed E-state index contributed by atoms with van der Waals surface area (Å²) in [7, 11) is 0. The molecule has 0 atom stereocenters. The van der Waals surface area contributed by atoms with Crippen LogP contribution >= 0.6 is 11.3 Å². The lowest BCUT2D eigenvalue weighted by atomic mass is 10.2. The highest BCUT2D eigenvalue weighted by Gasteiger charge is 2.09. The standard InChI is InChI=1S/C21H18N2O3S/c24-20(26-12-14-13-27-18-9-4-2-6-15(14)18)11-5-10-19-22-17-8-3-1-7-16(17)21(25)23-19/h1-4,6-9,13H,5,10-12H2,(H,22,23,25). The van der Waals surface area contributed by atoms with Gasteiger partial charge in [-0.3, -0.25) is 9.59 Å². The molecule has 0 fully saturated rings. The molecule has 0 radical (unpaired) electrons. The van der Waals surface area contributed by atoms with Crippen molar-refractivity contribution >= 4 is 38.3 Å². The molecule has 0 aliphatic heterocycles. The molecule has 2 heterocycles. The van der Waals surface area contributed by atoms with Gasteiger partial charge in [0.05, 0.1) is 10.9 Å². The number of aromatic nitrogens is 2. The highest BCUT2D eigenvalue weighted by atomic mass is 32.1. The molecule has 5 nitrogen and oxygen atoms in total. The van der Waals surface area contributed by atoms with Gasteiger partial charge in [-0.1, -0.05) is 30.3 Å². The van der Waals surface area contributed by atoms with Crippen LogP contribution in [0.5, 0.6) is 0 Å². The average Bonchev–Trinajstić information content (AvgIpc) is 3.10. The number of hydrogen-bond donors (Lipinski definition) is 1. The minimum Gasteiger partial charge on any atom is -0.461 e. The van der Waals surface area contributed by atoms with Crippen LogP contribution in [0.15, 0.2) is 58.7 Å². The molecule has 0 unspecified atom stereocenters. The Labute approximate surface area is 159 Å². The van der Waals surface area contributed by atoms with E-state index in [1.807, 2.05) is 41.8 Å². The first-order valence-corrected chi connectivity index (χ1v) is 9.67. The van der Waals surface area contributed by atoms with Crippen molar-refractivity contribution in [3.63, 3.8) is 0 Å². The Bertz CT molecular complexity index is 1160. The number of esters is 1. The molecule has 0 spiro atoms. The van der Waals surface area contributed by atoms with Crippen molar-refractivity contribution in [2.45, 2.75) is 25.9 Å². The number of fused-ring (bicyclic) bond motifs is 2. The van der Waals surface area contributed by atoms with Crippen LogP contribution in [0, 0.1) is 0 Å². The second kappa shape index (κ2) is 7.72. The van der Waals surface area contributed by atoms with E-state index in [2.05, 4.69) is 16.0 Å². The molecule has 4 rings (SSSR count). The molecule has 2 aromatic carbocycles. The maximum Gasteiger partial charge on any atom is 0.306 e. The predicted octanol–water partition coefficient (Wildman–Crippen LogP) is 4.20. The van der Waals surface area contributed by atoms with Crippen molar-refractivity contribution in [3.05, 3.63) is 75.7 Å². The number of nitrogens with zero attached hydrogens (tertiary/aromatic N) is 1. The van der Waals surface area contributed by atoms with E-state index in [1.165, 1.54) is 4.70 Å². The van der Waals surface area contributed by atoms with Crippen molar-refractivity contribution in [3.8, 4) is 0 Å². The lowest BCUT2D eigenvalue weighted by molar-refractivity contribution is -0.145. The number of thiophene rings is 1. The van der Waals surface area contributed by atoms with Crippen LogP contribution in [-0.2, 0) is 22.6 Å². The van der Waals surface area contributed by atoms with Crippen LogP contribution < -0.4 is 5.56 Å². The third kappa shape index (κ3) is 3.90. The van der Waals surface area contributed by atoms with Crippen molar-refractivity contribution < 1.29 is 9.53 Å². The summed E-state index contributed by atoms with van der Waals surface area (Å²) in [6, 6.07) is 15.3. The van der Waals surface area contributed by atoms with Gasteiger partial charge in [0.15, 0.2) is 0 Å². The molecule has 0 saturated heterocycles. The van der Waals surface area contributed by atoms with Gasteiger partial charge in [0, 0.05) is 23.1 Å². The number of nitrogens with one attached hydrogen (secondary N) is 1. The fourth-order valence-corrected chi connectivity index (χ4v) is 3.98. The molecule has 6 heteroatoms. The maximum absolute atomic E-state index is 12.1. The quantitative estimate of drug-likeness (QED) is 0.510. The number of ether oxygens (including phenoxy) is 1. The summed E-state index contributed by atoms with van der Waals surface area (Å²) in [5.41, 5.74) is 1.55. The lowest BCUT2D eigenvalue weighted by Crippen LogP contribution is -2.12. The Morgan fingerprint density at radius 3 is 2.74 bits per heavy atom. The lowest BCUT2D eigenvalue weighted by Gasteiger charge is -2.05. The summed E-state index contributed by atoms with van der Waals surface area (Å²) in [5.74, 6) is 0.351. The molecule has 27 heavy (non-hydrogen) atoms. The van der Waals surface area contributed by atoms with Crippen molar-refractivity contribution in [1.29, 1.82) is 0 Å². The highest BCUT2D eigenvalue weighted by molar-refractivity contribution is 7.17. The van der Waals surface area contributed by atoms with Gasteiger partial charge in [-0.25, -0.2) is 4.98 Å². The largest absolute Gasteiger partial charge is 0.461 e. The van der Waals surface area contributed by atoms with Gasteiger partial charge in [0.1, 0.15) is 12.4 Å². The van der Waals surface area contributed by atoms with Crippen LogP contribution in [0.4, 0.5) is 0 Å². The zero-order valence-electron chi connectivity index (χ0n) is 14.6. The summed E-state index contributed by atoms with van der Waals surface area (Å²) >= 11 is 1.65. The Hall–Kier alpha value is -2.99. The molecule has 0 bridgehead atoms. The van der Waals surface area contributed by atoms with Gasteiger partial charge >= 0.3 is 5.97 Å². The number of carbonyl (C=O) groups excluding carboxylic acids is 1. The van der Waals surface area contributed by atoms with Crippen LogP contribution in [0.1, 0.15) is 24.2 Å². The molecule has 2 aromatic heterocycles. The van der Waals surface area contributed by atoms with Crippen LogP contribution in [0.3, 0.4) is 0 Å². The number of benzene rings is 2. The minimum atomic E-state index is -0.242. The number of aryl methyl sites for hydroxylation is 1. The van der Waals surface area contributed by atoms with Crippen LogP contribution in [0.2, 0.25) is 0 Å². The second-order valence-electron chi connectivity index (χ2n) is 6.30. The SMILES string of the molecule is O=C(CCCc1nc2ccccc2c(=O)[nH]1)OCc1csc2ccccc12. The van der Waals surface area contributed by atoms with E-state index in [4.69, 9.17) is 4.74 Å². The number of para-hydroxylation sites is 1. The van der Waals surface area contributed by atoms with Crippen LogP contribution in [0.25, 0.3) is 21.0 Å². The Kier molecular flexibility index (Phi) is 4.98. The van der Waals surface area contributed by atoms with Gasteiger partial charge in [0.2, 0.25) is 0 Å². The zero-order chi connectivity index (χ0) is 18.6. The molecule has 4 aromatic rings. The molecule has 0 aliphatic carbocycles. The fourth-order valence-electron chi connectivity index (χ4n) is 3.03. The number of aromatic amines is 1. The summed E-state index contributed by atoms with van der Waals surface area (Å²) in [4.78, 5) is 31.3. The fraction of sp³-hybridized carbons (Fsp3) is 0.190. The van der Waals surface area contributed by atoms with Crippen molar-refractivity contribution in [2.75, 3.05) is 0 Å². The number of carbonyl (C=O) groups is 1. The zero-order valence-corrected chi connectivity index (χ0v) is 15.4. The number of H-pyrrole nitrogens is 1. The van der Waals surface area contributed by atoms with Gasteiger partial charge in [-0.05, 0) is 35.4 Å². The van der Waals surface area contributed by atoms with Crippen molar-refractivity contribution in [2.24, 2.45) is 0 Å². The van der Waals surface area contributed by atoms with Gasteiger partial charge in [-0.2, -0.15) is 0 Å². The van der Waals surface area contributed by atoms with Crippen molar-refractivity contribution in [1.82, 2.24) is 9.97 Å². The van der Waals surface area contributed by atoms with Gasteiger partial charge < -0.3 is 9.72 Å². The molecular formula is C21H18N2O3S. The predicted molar refractivity (Wildman–Crippen MR) is 107 cm³/mol. The molecule has 0 saturated carbocycles.